The molecular formula is C34H38N4O5. The van der Waals surface area contributed by atoms with Gasteiger partial charge in [-0.05, 0) is 91.4 Å². The Labute approximate surface area is 251 Å². The summed E-state index contributed by atoms with van der Waals surface area (Å²) in [5.41, 5.74) is 3.89. The number of carbonyl (C=O) groups is 1. The third-order valence-corrected chi connectivity index (χ3v) is 9.31. The van der Waals surface area contributed by atoms with Crippen molar-refractivity contribution < 1.29 is 23.7 Å². The van der Waals surface area contributed by atoms with Gasteiger partial charge in [0.2, 0.25) is 5.91 Å². The molecule has 0 bridgehead atoms. The first-order valence-electron chi connectivity index (χ1n) is 15.3. The molecule has 0 atom stereocenters. The number of benzene rings is 3. The SMILES string of the molecule is COCOc1cc(-c2ccc3c(N4CCOCCC4=O)nc(OCC45CCCN4CCC5)nc3c2C)c2ccccc2c1. The van der Waals surface area contributed by atoms with Gasteiger partial charge in [-0.3, -0.25) is 14.6 Å². The van der Waals surface area contributed by atoms with Crippen LogP contribution in [0.2, 0.25) is 0 Å². The van der Waals surface area contributed by atoms with Crippen molar-refractivity contribution in [1.82, 2.24) is 14.9 Å². The van der Waals surface area contributed by atoms with Gasteiger partial charge in [0, 0.05) is 12.5 Å². The number of hydrogen-bond donors (Lipinski definition) is 0. The summed E-state index contributed by atoms with van der Waals surface area (Å²) in [6.45, 7) is 6.36. The molecule has 0 radical (unpaired) electrons. The Morgan fingerprint density at radius 3 is 2.60 bits per heavy atom. The molecule has 0 saturated carbocycles. The van der Waals surface area contributed by atoms with Gasteiger partial charge in [0.05, 0.1) is 37.2 Å². The van der Waals surface area contributed by atoms with E-state index in [0.717, 1.165) is 70.0 Å². The van der Waals surface area contributed by atoms with E-state index in [-0.39, 0.29) is 18.2 Å². The fourth-order valence-corrected chi connectivity index (χ4v) is 7.14. The maximum Gasteiger partial charge on any atom is 0.319 e. The molecule has 3 fully saturated rings. The maximum atomic E-state index is 13.2. The highest BCUT2D eigenvalue weighted by Gasteiger charge is 2.45. The summed E-state index contributed by atoms with van der Waals surface area (Å²) in [6.07, 6.45) is 4.97. The standard InChI is InChI=1S/C34H38N4O5/c1-23-26(29-20-25(43-22-40-2)19-24-7-3-4-8-27(24)29)9-10-28-31(23)35-33(36-32(28)38-16-18-41-17-11-30(38)39)42-21-34-12-5-14-37(34)15-6-13-34/h3-4,7-10,19-20H,5-6,11-18,21-22H2,1-2H3. The quantitative estimate of drug-likeness (QED) is 0.252. The van der Waals surface area contributed by atoms with Crippen LogP contribution in [0.1, 0.15) is 37.7 Å². The number of methoxy groups -OCH3 is 1. The highest BCUT2D eigenvalue weighted by Crippen LogP contribution is 2.41. The number of nitrogens with zero attached hydrogens (tertiary/aromatic N) is 4. The molecule has 4 aromatic rings. The van der Waals surface area contributed by atoms with E-state index in [1.54, 1.807) is 12.0 Å². The second-order valence-electron chi connectivity index (χ2n) is 11.8. The lowest BCUT2D eigenvalue weighted by Crippen LogP contribution is -2.43. The van der Waals surface area contributed by atoms with Gasteiger partial charge in [-0.2, -0.15) is 9.97 Å². The van der Waals surface area contributed by atoms with Gasteiger partial charge in [0.1, 0.15) is 12.4 Å². The highest BCUT2D eigenvalue weighted by molar-refractivity contribution is 6.05. The Bertz CT molecular complexity index is 1660. The lowest BCUT2D eigenvalue weighted by Gasteiger charge is -2.31. The number of amides is 1. The zero-order valence-corrected chi connectivity index (χ0v) is 24.9. The summed E-state index contributed by atoms with van der Waals surface area (Å²) >= 11 is 0. The third-order valence-electron chi connectivity index (χ3n) is 9.31. The molecule has 0 spiro atoms. The minimum atomic E-state index is -0.00415. The Hall–Kier alpha value is -3.79. The molecule has 0 unspecified atom stereocenters. The number of ether oxygens (including phenoxy) is 4. The van der Waals surface area contributed by atoms with Gasteiger partial charge in [0.15, 0.2) is 12.6 Å². The van der Waals surface area contributed by atoms with E-state index in [0.29, 0.717) is 44.6 Å². The molecule has 9 nitrogen and oxygen atoms in total. The van der Waals surface area contributed by atoms with Gasteiger partial charge in [-0.1, -0.05) is 30.3 Å². The Balaban J connectivity index is 1.36. The van der Waals surface area contributed by atoms with Crippen molar-refractivity contribution in [3.05, 3.63) is 54.1 Å². The zero-order valence-electron chi connectivity index (χ0n) is 24.9. The van der Waals surface area contributed by atoms with Crippen LogP contribution in [0.5, 0.6) is 11.8 Å². The molecular weight excluding hydrogens is 544 g/mol. The largest absolute Gasteiger partial charge is 0.468 e. The van der Waals surface area contributed by atoms with Crippen LogP contribution < -0.4 is 14.4 Å². The maximum absolute atomic E-state index is 13.2. The van der Waals surface area contributed by atoms with Crippen LogP contribution >= 0.6 is 0 Å². The van der Waals surface area contributed by atoms with E-state index in [2.05, 4.69) is 36.1 Å². The summed E-state index contributed by atoms with van der Waals surface area (Å²) in [5, 5.41) is 3.01. The lowest BCUT2D eigenvalue weighted by molar-refractivity contribution is -0.118. The summed E-state index contributed by atoms with van der Waals surface area (Å²) < 4.78 is 23.2. The van der Waals surface area contributed by atoms with Crippen LogP contribution in [0.25, 0.3) is 32.8 Å². The van der Waals surface area contributed by atoms with Crippen LogP contribution in [0, 0.1) is 6.92 Å². The van der Waals surface area contributed by atoms with Crippen molar-refractivity contribution in [2.24, 2.45) is 0 Å². The Morgan fingerprint density at radius 2 is 1.77 bits per heavy atom. The number of aromatic nitrogens is 2. The molecule has 0 aliphatic carbocycles. The second-order valence-corrected chi connectivity index (χ2v) is 11.8. The predicted molar refractivity (Wildman–Crippen MR) is 166 cm³/mol. The van der Waals surface area contributed by atoms with Crippen molar-refractivity contribution in [2.75, 3.05) is 58.3 Å². The normalized spacial score (nSPS) is 18.7. The first kappa shape index (κ1) is 28.0. The molecule has 1 amide bonds. The molecule has 4 heterocycles. The Morgan fingerprint density at radius 1 is 0.930 bits per heavy atom. The van der Waals surface area contributed by atoms with Crippen LogP contribution in [0.15, 0.2) is 48.5 Å². The molecule has 43 heavy (non-hydrogen) atoms. The number of rotatable bonds is 8. The zero-order chi connectivity index (χ0) is 29.4. The van der Waals surface area contributed by atoms with Crippen LogP contribution in [-0.4, -0.2) is 79.7 Å². The minimum Gasteiger partial charge on any atom is -0.468 e. The van der Waals surface area contributed by atoms with Crippen LogP contribution in [-0.2, 0) is 14.3 Å². The molecule has 9 heteroatoms. The molecule has 3 aliphatic rings. The summed E-state index contributed by atoms with van der Waals surface area (Å²) in [4.78, 5) is 27.5. The molecule has 0 N–H and O–H groups in total. The first-order valence-corrected chi connectivity index (χ1v) is 15.3. The molecule has 7 rings (SSSR count). The Kier molecular flexibility index (Phi) is 7.63. The molecule has 3 aromatic carbocycles. The van der Waals surface area contributed by atoms with Crippen LogP contribution in [0.4, 0.5) is 5.82 Å². The average Bonchev–Trinajstić information content (AvgIpc) is 3.54. The van der Waals surface area contributed by atoms with Crippen molar-refractivity contribution in [2.45, 2.75) is 44.6 Å². The van der Waals surface area contributed by atoms with E-state index in [9.17, 15) is 4.79 Å². The van der Waals surface area contributed by atoms with E-state index >= 15 is 0 Å². The van der Waals surface area contributed by atoms with Gasteiger partial charge in [-0.15, -0.1) is 0 Å². The van der Waals surface area contributed by atoms with Gasteiger partial charge in [0.25, 0.3) is 0 Å². The van der Waals surface area contributed by atoms with Gasteiger partial charge in [-0.25, -0.2) is 0 Å². The van der Waals surface area contributed by atoms with Gasteiger partial charge >= 0.3 is 6.01 Å². The van der Waals surface area contributed by atoms with Crippen molar-refractivity contribution in [3.63, 3.8) is 0 Å². The predicted octanol–water partition coefficient (Wildman–Crippen LogP) is 5.50. The fraction of sp³-hybridized carbons (Fsp3) is 0.441. The molecule has 3 aliphatic heterocycles. The van der Waals surface area contributed by atoms with E-state index in [1.807, 2.05) is 24.3 Å². The highest BCUT2D eigenvalue weighted by atomic mass is 16.7. The van der Waals surface area contributed by atoms with Crippen molar-refractivity contribution in [3.8, 4) is 22.9 Å². The van der Waals surface area contributed by atoms with Gasteiger partial charge < -0.3 is 18.9 Å². The second kappa shape index (κ2) is 11.7. The third kappa shape index (κ3) is 5.19. The van der Waals surface area contributed by atoms with Crippen molar-refractivity contribution in [1.29, 1.82) is 0 Å². The molecule has 1 aromatic heterocycles. The summed E-state index contributed by atoms with van der Waals surface area (Å²) in [7, 11) is 1.62. The molecule has 3 saturated heterocycles. The number of aryl methyl sites for hydroxylation is 1. The number of fused-ring (bicyclic) bond motifs is 3. The monoisotopic (exact) mass is 582 g/mol. The lowest BCUT2D eigenvalue weighted by atomic mass is 9.93. The number of carbonyl (C=O) groups excluding carboxylic acids is 1. The average molecular weight is 583 g/mol. The first-order chi connectivity index (χ1) is 21.1. The summed E-state index contributed by atoms with van der Waals surface area (Å²) in [5.74, 6) is 1.31. The smallest absolute Gasteiger partial charge is 0.319 e. The minimum absolute atomic E-state index is 0.00415. The number of anilines is 1. The topological polar surface area (TPSA) is 86.2 Å². The fourth-order valence-electron chi connectivity index (χ4n) is 7.14. The number of hydrogen-bond acceptors (Lipinski definition) is 8. The van der Waals surface area contributed by atoms with E-state index in [4.69, 9.17) is 28.9 Å². The van der Waals surface area contributed by atoms with Crippen LogP contribution in [0.3, 0.4) is 0 Å². The van der Waals surface area contributed by atoms with E-state index in [1.165, 1.54) is 12.8 Å². The van der Waals surface area contributed by atoms with E-state index < -0.39 is 0 Å². The summed E-state index contributed by atoms with van der Waals surface area (Å²) in [6, 6.07) is 16.8. The van der Waals surface area contributed by atoms with Crippen molar-refractivity contribution >= 4 is 33.4 Å². The molecule has 224 valence electrons.